The molecule has 0 aromatic carbocycles. The van der Waals surface area contributed by atoms with Crippen LogP contribution in [0.1, 0.15) is 5.56 Å². The summed E-state index contributed by atoms with van der Waals surface area (Å²) in [5.41, 5.74) is 0.888. The van der Waals surface area contributed by atoms with Gasteiger partial charge in [0, 0.05) is 38.2 Å². The summed E-state index contributed by atoms with van der Waals surface area (Å²) >= 11 is 0. The predicted molar refractivity (Wildman–Crippen MR) is 75.5 cm³/mol. The predicted octanol–water partition coefficient (Wildman–Crippen LogP) is -0.608. The van der Waals surface area contributed by atoms with E-state index in [1.165, 1.54) is 11.1 Å². The lowest BCUT2D eigenvalue weighted by molar-refractivity contribution is -0.127. The van der Waals surface area contributed by atoms with Gasteiger partial charge in [0.25, 0.3) is 5.91 Å². The summed E-state index contributed by atoms with van der Waals surface area (Å²) < 4.78 is 0. The molecule has 1 aromatic rings. The van der Waals surface area contributed by atoms with Crippen LogP contribution in [0.2, 0.25) is 0 Å². The van der Waals surface area contributed by atoms with Gasteiger partial charge in [-0.25, -0.2) is 0 Å². The van der Waals surface area contributed by atoms with Crippen LogP contribution in [0.3, 0.4) is 0 Å². The minimum atomic E-state index is -0.525. The summed E-state index contributed by atoms with van der Waals surface area (Å²) in [6.07, 6.45) is 4.65. The van der Waals surface area contributed by atoms with Crippen molar-refractivity contribution in [2.24, 2.45) is 0 Å². The van der Waals surface area contributed by atoms with Crippen molar-refractivity contribution in [3.8, 4) is 6.07 Å². The molecule has 1 aromatic heterocycles. The maximum atomic E-state index is 12.1. The van der Waals surface area contributed by atoms with E-state index in [9.17, 15) is 4.79 Å². The minimum Gasteiger partial charge on any atom is -0.395 e. The number of nitrogens with one attached hydrogen (secondary N) is 1. The Morgan fingerprint density at radius 1 is 1.33 bits per heavy atom. The van der Waals surface area contributed by atoms with Crippen LogP contribution in [0.25, 0.3) is 0 Å². The molecule has 7 heteroatoms. The molecule has 0 saturated carbocycles. The van der Waals surface area contributed by atoms with Gasteiger partial charge < -0.3 is 20.4 Å². The van der Waals surface area contributed by atoms with Crippen LogP contribution in [0.4, 0.5) is 0 Å². The van der Waals surface area contributed by atoms with E-state index in [-0.39, 0.29) is 31.9 Å². The number of carbonyl (C=O) groups is 1. The molecule has 1 amide bonds. The van der Waals surface area contributed by atoms with Gasteiger partial charge in [0.05, 0.1) is 13.2 Å². The fraction of sp³-hybridized carbons (Fsp3) is 0.357. The van der Waals surface area contributed by atoms with Gasteiger partial charge in [-0.1, -0.05) is 0 Å². The summed E-state index contributed by atoms with van der Waals surface area (Å²) in [6, 6.07) is 5.45. The molecule has 1 rings (SSSR count). The molecule has 21 heavy (non-hydrogen) atoms. The van der Waals surface area contributed by atoms with Gasteiger partial charge in [-0.3, -0.25) is 9.78 Å². The molecular weight excluding hydrogens is 272 g/mol. The lowest BCUT2D eigenvalue weighted by atomic mass is 10.2. The smallest absolute Gasteiger partial charge is 0.266 e. The Labute approximate surface area is 123 Å². The highest BCUT2D eigenvalue weighted by Crippen LogP contribution is 2.01. The van der Waals surface area contributed by atoms with Gasteiger partial charge >= 0.3 is 0 Å². The van der Waals surface area contributed by atoms with Crippen molar-refractivity contribution in [2.45, 2.75) is 6.54 Å². The molecule has 7 nitrogen and oxygen atoms in total. The molecule has 112 valence electrons. The van der Waals surface area contributed by atoms with E-state index in [0.29, 0.717) is 6.54 Å². The van der Waals surface area contributed by atoms with E-state index in [4.69, 9.17) is 15.5 Å². The number of nitriles is 1. The SMILES string of the molecule is N#C/C(=C/NCc1ccncc1)C(=O)N(CCO)CCO. The van der Waals surface area contributed by atoms with Gasteiger partial charge in [-0.05, 0) is 17.7 Å². The van der Waals surface area contributed by atoms with Crippen molar-refractivity contribution < 1.29 is 15.0 Å². The van der Waals surface area contributed by atoms with Gasteiger partial charge in [0.2, 0.25) is 0 Å². The van der Waals surface area contributed by atoms with Crippen LogP contribution in [0.5, 0.6) is 0 Å². The van der Waals surface area contributed by atoms with Gasteiger partial charge in [-0.2, -0.15) is 5.26 Å². The monoisotopic (exact) mass is 290 g/mol. The molecule has 0 aliphatic heterocycles. The number of hydrogen-bond donors (Lipinski definition) is 3. The Bertz CT molecular complexity index is 505. The van der Waals surface area contributed by atoms with Crippen LogP contribution >= 0.6 is 0 Å². The molecule has 3 N–H and O–H groups in total. The molecule has 0 radical (unpaired) electrons. The Morgan fingerprint density at radius 2 is 1.95 bits per heavy atom. The molecule has 0 spiro atoms. The van der Waals surface area contributed by atoms with E-state index in [0.717, 1.165) is 5.56 Å². The number of amides is 1. The number of aromatic nitrogens is 1. The average Bonchev–Trinajstić information content (AvgIpc) is 2.52. The highest BCUT2D eigenvalue weighted by Gasteiger charge is 2.17. The van der Waals surface area contributed by atoms with Crippen molar-refractivity contribution in [1.29, 1.82) is 5.26 Å². The second-order valence-corrected chi connectivity index (χ2v) is 4.15. The summed E-state index contributed by atoms with van der Waals surface area (Å²) in [5.74, 6) is -0.525. The molecule has 0 aliphatic rings. The largest absolute Gasteiger partial charge is 0.395 e. The summed E-state index contributed by atoms with van der Waals surface area (Å²) in [4.78, 5) is 17.2. The van der Waals surface area contributed by atoms with Crippen molar-refractivity contribution >= 4 is 5.91 Å². The highest BCUT2D eigenvalue weighted by atomic mass is 16.3. The van der Waals surface area contributed by atoms with E-state index in [2.05, 4.69) is 10.3 Å². The number of rotatable bonds is 8. The van der Waals surface area contributed by atoms with Gasteiger partial charge in [0.15, 0.2) is 0 Å². The van der Waals surface area contributed by atoms with Crippen LogP contribution in [0, 0.1) is 11.3 Å². The van der Waals surface area contributed by atoms with Crippen molar-refractivity contribution in [2.75, 3.05) is 26.3 Å². The fourth-order valence-electron chi connectivity index (χ4n) is 1.64. The normalized spacial score (nSPS) is 10.8. The number of pyridine rings is 1. The van der Waals surface area contributed by atoms with E-state index in [1.807, 2.05) is 18.2 Å². The maximum Gasteiger partial charge on any atom is 0.266 e. The lowest BCUT2D eigenvalue weighted by Crippen LogP contribution is -2.37. The van der Waals surface area contributed by atoms with Crippen molar-refractivity contribution in [3.63, 3.8) is 0 Å². The first-order valence-electron chi connectivity index (χ1n) is 6.46. The molecule has 0 unspecified atom stereocenters. The number of aliphatic hydroxyl groups excluding tert-OH is 2. The van der Waals surface area contributed by atoms with Crippen LogP contribution in [0.15, 0.2) is 36.3 Å². The fourth-order valence-corrected chi connectivity index (χ4v) is 1.64. The Morgan fingerprint density at radius 3 is 2.48 bits per heavy atom. The average molecular weight is 290 g/mol. The van der Waals surface area contributed by atoms with E-state index in [1.54, 1.807) is 12.4 Å². The Kier molecular flexibility index (Phi) is 7.50. The molecule has 0 atom stereocenters. The topological polar surface area (TPSA) is 109 Å². The first-order valence-corrected chi connectivity index (χ1v) is 6.46. The lowest BCUT2D eigenvalue weighted by Gasteiger charge is -2.20. The third-order valence-electron chi connectivity index (χ3n) is 2.68. The van der Waals surface area contributed by atoms with E-state index < -0.39 is 5.91 Å². The number of carbonyl (C=O) groups excluding carboxylic acids is 1. The minimum absolute atomic E-state index is 0.0722. The third kappa shape index (κ3) is 5.60. The standard InChI is InChI=1S/C14H18N4O3/c15-9-13(14(21)18(5-7-19)6-8-20)11-17-10-12-1-3-16-4-2-12/h1-4,11,17,19-20H,5-8,10H2/b13-11-. The van der Waals surface area contributed by atoms with Crippen LogP contribution in [-0.4, -0.2) is 52.3 Å². The quantitative estimate of drug-likeness (QED) is 0.435. The Hall–Kier alpha value is -2.43. The van der Waals surface area contributed by atoms with Gasteiger partial charge in [0.1, 0.15) is 11.6 Å². The molecular formula is C14H18N4O3. The number of nitrogens with zero attached hydrogens (tertiary/aromatic N) is 3. The number of hydrogen-bond acceptors (Lipinski definition) is 6. The molecule has 0 bridgehead atoms. The third-order valence-corrected chi connectivity index (χ3v) is 2.68. The molecule has 0 aliphatic carbocycles. The Balaban J connectivity index is 2.65. The number of aliphatic hydroxyl groups is 2. The van der Waals surface area contributed by atoms with Crippen LogP contribution in [-0.2, 0) is 11.3 Å². The second kappa shape index (κ2) is 9.47. The van der Waals surface area contributed by atoms with E-state index >= 15 is 0 Å². The van der Waals surface area contributed by atoms with Crippen molar-refractivity contribution in [3.05, 3.63) is 41.9 Å². The maximum absolute atomic E-state index is 12.1. The van der Waals surface area contributed by atoms with Gasteiger partial charge in [-0.15, -0.1) is 0 Å². The molecule has 0 saturated heterocycles. The first kappa shape index (κ1) is 16.6. The highest BCUT2D eigenvalue weighted by molar-refractivity contribution is 5.97. The molecule has 0 fully saturated rings. The zero-order valence-corrected chi connectivity index (χ0v) is 11.6. The second-order valence-electron chi connectivity index (χ2n) is 4.15. The first-order chi connectivity index (χ1) is 10.2. The summed E-state index contributed by atoms with van der Waals surface area (Å²) in [5, 5.41) is 29.7. The molecule has 1 heterocycles. The summed E-state index contributed by atoms with van der Waals surface area (Å²) in [6.45, 7) is 0.149. The summed E-state index contributed by atoms with van der Waals surface area (Å²) in [7, 11) is 0. The van der Waals surface area contributed by atoms with Crippen LogP contribution < -0.4 is 5.32 Å². The van der Waals surface area contributed by atoms with Crippen molar-refractivity contribution in [1.82, 2.24) is 15.2 Å². The zero-order valence-electron chi connectivity index (χ0n) is 11.6. The zero-order chi connectivity index (χ0) is 15.5.